The van der Waals surface area contributed by atoms with Crippen molar-refractivity contribution in [2.45, 2.75) is 24.8 Å². The molecule has 1 aliphatic carbocycles. The van der Waals surface area contributed by atoms with Crippen LogP contribution in [-0.2, 0) is 0 Å². The molecule has 4 rings (SSSR count). The largest absolute Gasteiger partial charge is 0.366 e. The van der Waals surface area contributed by atoms with Crippen LogP contribution in [0.5, 0.6) is 0 Å². The Balaban J connectivity index is 1.45. The van der Waals surface area contributed by atoms with Crippen molar-refractivity contribution in [1.29, 1.82) is 0 Å². The number of nitrogens with two attached hydrogens (primary N) is 1. The number of anilines is 1. The number of hydrogen-bond donors (Lipinski definition) is 2. The van der Waals surface area contributed by atoms with Crippen LogP contribution in [0.4, 0.5) is 5.69 Å². The minimum absolute atomic E-state index is 0.375. The number of hydrogen-bond acceptors (Lipinski definition) is 3. The van der Waals surface area contributed by atoms with Gasteiger partial charge in [-0.3, -0.25) is 4.79 Å². The first-order valence-corrected chi connectivity index (χ1v) is 9.37. The molecule has 1 heterocycles. The van der Waals surface area contributed by atoms with Gasteiger partial charge in [0, 0.05) is 42.8 Å². The smallest absolute Gasteiger partial charge is 0.248 e. The molecule has 2 aromatic carbocycles. The van der Waals surface area contributed by atoms with E-state index in [-0.39, 0.29) is 5.91 Å². The summed E-state index contributed by atoms with van der Waals surface area (Å²) in [6.07, 6.45) is 6.87. The normalized spacial score (nSPS) is 21.6. The fourth-order valence-corrected chi connectivity index (χ4v) is 4.12. The number of nitrogens with zero attached hydrogens (tertiary/aromatic N) is 1. The SMILES string of the molecule is NC(=O)c1ccc(N2CCNCC2CCC2C=Cc3ccccc32)cc1. The summed E-state index contributed by atoms with van der Waals surface area (Å²) in [6.45, 7) is 2.97. The van der Waals surface area contributed by atoms with Crippen LogP contribution in [0, 0.1) is 0 Å². The molecule has 0 radical (unpaired) electrons. The van der Waals surface area contributed by atoms with Crippen molar-refractivity contribution in [2.75, 3.05) is 24.5 Å². The molecular formula is C22H25N3O. The summed E-state index contributed by atoms with van der Waals surface area (Å²) >= 11 is 0. The number of rotatable bonds is 5. The molecule has 4 heteroatoms. The molecular weight excluding hydrogens is 322 g/mol. The van der Waals surface area contributed by atoms with E-state index >= 15 is 0 Å². The van der Waals surface area contributed by atoms with Gasteiger partial charge in [-0.15, -0.1) is 0 Å². The van der Waals surface area contributed by atoms with Crippen LogP contribution < -0.4 is 16.0 Å². The zero-order chi connectivity index (χ0) is 17.9. The number of carbonyl (C=O) groups excluding carboxylic acids is 1. The second kappa shape index (κ2) is 7.34. The molecule has 2 aliphatic rings. The maximum absolute atomic E-state index is 11.3. The van der Waals surface area contributed by atoms with Crippen molar-refractivity contribution in [3.05, 3.63) is 71.3 Å². The Labute approximate surface area is 154 Å². The van der Waals surface area contributed by atoms with Crippen LogP contribution in [-0.4, -0.2) is 31.6 Å². The van der Waals surface area contributed by atoms with Gasteiger partial charge in [0.15, 0.2) is 0 Å². The predicted molar refractivity (Wildman–Crippen MR) is 106 cm³/mol. The summed E-state index contributed by atoms with van der Waals surface area (Å²) in [4.78, 5) is 13.8. The number of primary amides is 1. The highest BCUT2D eigenvalue weighted by atomic mass is 16.1. The first-order valence-electron chi connectivity index (χ1n) is 9.37. The average molecular weight is 347 g/mol. The highest BCUT2D eigenvalue weighted by Gasteiger charge is 2.25. The molecule has 2 unspecified atom stereocenters. The standard InChI is InChI=1S/C22H25N3O/c23-22(26)18-8-10-19(11-9-18)25-14-13-24-15-20(25)12-7-17-6-5-16-3-1-2-4-21(16)17/h1-6,8-11,17,20,24H,7,12-15H2,(H2,23,26). The van der Waals surface area contributed by atoms with Crippen molar-refractivity contribution >= 4 is 17.7 Å². The molecule has 26 heavy (non-hydrogen) atoms. The van der Waals surface area contributed by atoms with E-state index in [9.17, 15) is 4.79 Å². The van der Waals surface area contributed by atoms with E-state index in [0.29, 0.717) is 17.5 Å². The highest BCUT2D eigenvalue weighted by molar-refractivity contribution is 5.93. The van der Waals surface area contributed by atoms with Gasteiger partial charge < -0.3 is 16.0 Å². The van der Waals surface area contributed by atoms with E-state index in [1.54, 1.807) is 0 Å². The molecule has 0 spiro atoms. The van der Waals surface area contributed by atoms with E-state index in [1.807, 2.05) is 24.3 Å². The van der Waals surface area contributed by atoms with Crippen molar-refractivity contribution in [3.8, 4) is 0 Å². The van der Waals surface area contributed by atoms with Gasteiger partial charge in [0.25, 0.3) is 0 Å². The maximum Gasteiger partial charge on any atom is 0.248 e. The van der Waals surface area contributed by atoms with E-state index in [4.69, 9.17) is 5.73 Å². The summed E-state index contributed by atoms with van der Waals surface area (Å²) in [7, 11) is 0. The monoisotopic (exact) mass is 347 g/mol. The number of allylic oxidation sites excluding steroid dienone is 1. The van der Waals surface area contributed by atoms with Crippen LogP contribution in [0.15, 0.2) is 54.6 Å². The van der Waals surface area contributed by atoms with E-state index in [2.05, 4.69) is 46.6 Å². The molecule has 1 saturated heterocycles. The van der Waals surface area contributed by atoms with Gasteiger partial charge >= 0.3 is 0 Å². The summed E-state index contributed by atoms with van der Waals surface area (Å²) in [5, 5.41) is 3.52. The lowest BCUT2D eigenvalue weighted by atomic mass is 9.93. The van der Waals surface area contributed by atoms with Crippen molar-refractivity contribution in [1.82, 2.24) is 5.32 Å². The van der Waals surface area contributed by atoms with Gasteiger partial charge in [0.1, 0.15) is 0 Å². The van der Waals surface area contributed by atoms with Crippen LogP contribution >= 0.6 is 0 Å². The second-order valence-electron chi connectivity index (χ2n) is 7.13. The van der Waals surface area contributed by atoms with E-state index < -0.39 is 0 Å². The zero-order valence-corrected chi connectivity index (χ0v) is 14.9. The lowest BCUT2D eigenvalue weighted by Crippen LogP contribution is -2.51. The Morgan fingerprint density at radius 1 is 1.12 bits per heavy atom. The molecule has 1 fully saturated rings. The zero-order valence-electron chi connectivity index (χ0n) is 14.9. The van der Waals surface area contributed by atoms with Gasteiger partial charge in [-0.25, -0.2) is 0 Å². The van der Waals surface area contributed by atoms with Crippen molar-refractivity contribution in [3.63, 3.8) is 0 Å². The highest BCUT2D eigenvalue weighted by Crippen LogP contribution is 2.34. The fraction of sp³-hybridized carbons (Fsp3) is 0.318. The second-order valence-corrected chi connectivity index (χ2v) is 7.13. The van der Waals surface area contributed by atoms with Crippen LogP contribution in [0.25, 0.3) is 6.08 Å². The molecule has 4 nitrogen and oxygen atoms in total. The van der Waals surface area contributed by atoms with Gasteiger partial charge in [-0.05, 0) is 48.2 Å². The third-order valence-corrected chi connectivity index (χ3v) is 5.55. The minimum Gasteiger partial charge on any atom is -0.366 e. The number of fused-ring (bicyclic) bond motifs is 1. The number of amides is 1. The average Bonchev–Trinajstić information content (AvgIpc) is 3.10. The van der Waals surface area contributed by atoms with Gasteiger partial charge in [-0.2, -0.15) is 0 Å². The lowest BCUT2D eigenvalue weighted by Gasteiger charge is -2.38. The predicted octanol–water partition coefficient (Wildman–Crippen LogP) is 3.15. The third-order valence-electron chi connectivity index (χ3n) is 5.55. The number of nitrogens with one attached hydrogen (secondary N) is 1. The minimum atomic E-state index is -0.375. The molecule has 1 amide bonds. The molecule has 1 aliphatic heterocycles. The number of benzene rings is 2. The third kappa shape index (κ3) is 3.37. The first kappa shape index (κ1) is 16.9. The summed E-state index contributed by atoms with van der Waals surface area (Å²) in [5.41, 5.74) is 9.90. The van der Waals surface area contributed by atoms with Gasteiger partial charge in [-0.1, -0.05) is 36.4 Å². The summed E-state index contributed by atoms with van der Waals surface area (Å²) in [6, 6.07) is 16.8. The number of piperazine rings is 1. The van der Waals surface area contributed by atoms with E-state index in [1.165, 1.54) is 16.8 Å². The fourth-order valence-electron chi connectivity index (χ4n) is 4.12. The Morgan fingerprint density at radius 3 is 2.73 bits per heavy atom. The summed E-state index contributed by atoms with van der Waals surface area (Å²) in [5.74, 6) is 0.146. The molecule has 2 atom stereocenters. The Kier molecular flexibility index (Phi) is 4.76. The summed E-state index contributed by atoms with van der Waals surface area (Å²) < 4.78 is 0. The molecule has 2 aromatic rings. The maximum atomic E-state index is 11.3. The van der Waals surface area contributed by atoms with Gasteiger partial charge in [0.05, 0.1) is 0 Å². The molecule has 0 saturated carbocycles. The van der Waals surface area contributed by atoms with E-state index in [0.717, 1.165) is 32.5 Å². The first-order chi connectivity index (χ1) is 12.7. The Bertz CT molecular complexity index is 812. The Hall–Kier alpha value is -2.59. The molecule has 134 valence electrons. The molecule has 3 N–H and O–H groups in total. The van der Waals surface area contributed by atoms with Crippen LogP contribution in [0.2, 0.25) is 0 Å². The van der Waals surface area contributed by atoms with Crippen LogP contribution in [0.1, 0.15) is 40.2 Å². The van der Waals surface area contributed by atoms with Crippen molar-refractivity contribution in [2.24, 2.45) is 5.73 Å². The van der Waals surface area contributed by atoms with Gasteiger partial charge in [0.2, 0.25) is 5.91 Å². The topological polar surface area (TPSA) is 58.4 Å². The van der Waals surface area contributed by atoms with Crippen molar-refractivity contribution < 1.29 is 4.79 Å². The van der Waals surface area contributed by atoms with Crippen LogP contribution in [0.3, 0.4) is 0 Å². The molecule has 0 aromatic heterocycles. The quantitative estimate of drug-likeness (QED) is 0.873. The Morgan fingerprint density at radius 2 is 1.92 bits per heavy atom. The lowest BCUT2D eigenvalue weighted by molar-refractivity contribution is 0.100. The number of carbonyl (C=O) groups is 1. The molecule has 0 bridgehead atoms.